The van der Waals surface area contributed by atoms with Crippen LogP contribution in [0.4, 0.5) is 0 Å². The topological polar surface area (TPSA) is 97.2 Å². The Morgan fingerprint density at radius 2 is 2.13 bits per heavy atom. The van der Waals surface area contributed by atoms with E-state index in [0.29, 0.717) is 23.2 Å². The van der Waals surface area contributed by atoms with Crippen molar-refractivity contribution < 1.29 is 8.42 Å². The van der Waals surface area contributed by atoms with Crippen molar-refractivity contribution >= 4 is 21.1 Å². The lowest BCUT2D eigenvalue weighted by atomic mass is 9.92. The van der Waals surface area contributed by atoms with Crippen LogP contribution in [0.1, 0.15) is 23.2 Å². The third kappa shape index (κ3) is 3.48. The van der Waals surface area contributed by atoms with Crippen LogP contribution in [0.2, 0.25) is 0 Å². The van der Waals surface area contributed by atoms with E-state index in [0.717, 1.165) is 35.5 Å². The molecule has 31 heavy (non-hydrogen) atoms. The molecule has 0 amide bonds. The molecule has 1 aliphatic carbocycles. The Hall–Kier alpha value is -3.20. The fourth-order valence-electron chi connectivity index (χ4n) is 4.65. The summed E-state index contributed by atoms with van der Waals surface area (Å²) in [6.07, 6.45) is 9.42. The lowest BCUT2D eigenvalue weighted by Gasteiger charge is -2.32. The fourth-order valence-corrected chi connectivity index (χ4v) is 5.45. The SMILES string of the molecule is Cn1ccc2c(c1=O)C1=C3C(=CN(Cc4cccnn4)C3CCN1)C=C2CS(C)(=O)=O. The quantitative estimate of drug-likeness (QED) is 0.765. The van der Waals surface area contributed by atoms with E-state index in [4.69, 9.17) is 0 Å². The molecular weight excluding hydrogens is 414 g/mol. The zero-order valence-corrected chi connectivity index (χ0v) is 18.2. The van der Waals surface area contributed by atoms with Crippen LogP contribution >= 0.6 is 0 Å². The predicted molar refractivity (Wildman–Crippen MR) is 118 cm³/mol. The van der Waals surface area contributed by atoms with E-state index >= 15 is 0 Å². The van der Waals surface area contributed by atoms with E-state index in [2.05, 4.69) is 26.6 Å². The molecule has 1 atom stereocenters. The first kappa shape index (κ1) is 19.7. The molecule has 2 aromatic rings. The number of aryl methyl sites for hydroxylation is 1. The van der Waals surface area contributed by atoms with Crippen LogP contribution in [0, 0.1) is 0 Å². The molecule has 3 aliphatic rings. The number of nitrogens with zero attached hydrogens (tertiary/aromatic N) is 4. The molecule has 0 fully saturated rings. The van der Waals surface area contributed by atoms with Gasteiger partial charge in [-0.25, -0.2) is 8.42 Å². The number of aromatic nitrogens is 3. The highest BCUT2D eigenvalue weighted by atomic mass is 32.2. The molecule has 160 valence electrons. The first-order valence-corrected chi connectivity index (χ1v) is 12.2. The summed E-state index contributed by atoms with van der Waals surface area (Å²) in [5, 5.41) is 11.6. The van der Waals surface area contributed by atoms with Crippen molar-refractivity contribution in [2.75, 3.05) is 18.6 Å². The monoisotopic (exact) mass is 437 g/mol. The van der Waals surface area contributed by atoms with Gasteiger partial charge in [0.1, 0.15) is 0 Å². The van der Waals surface area contributed by atoms with E-state index in [-0.39, 0.29) is 17.4 Å². The summed E-state index contributed by atoms with van der Waals surface area (Å²) in [7, 11) is -1.58. The Morgan fingerprint density at radius 1 is 1.29 bits per heavy atom. The summed E-state index contributed by atoms with van der Waals surface area (Å²) in [6.45, 7) is 1.31. The highest BCUT2D eigenvalue weighted by Gasteiger charge is 2.38. The van der Waals surface area contributed by atoms with E-state index in [9.17, 15) is 13.2 Å². The van der Waals surface area contributed by atoms with Crippen molar-refractivity contribution in [2.45, 2.75) is 19.0 Å². The molecule has 0 bridgehead atoms. The molecular formula is C22H23N5O3S. The maximum Gasteiger partial charge on any atom is 0.260 e. The highest BCUT2D eigenvalue weighted by Crippen LogP contribution is 2.42. The second-order valence-electron chi connectivity index (χ2n) is 8.25. The molecule has 1 unspecified atom stereocenters. The van der Waals surface area contributed by atoms with E-state index in [1.54, 1.807) is 19.4 Å². The number of fused-ring (bicyclic) bond motifs is 2. The van der Waals surface area contributed by atoms with Gasteiger partial charge in [0, 0.05) is 44.0 Å². The predicted octanol–water partition coefficient (Wildman–Crippen LogP) is 1.09. The number of hydrogen-bond acceptors (Lipinski definition) is 7. The van der Waals surface area contributed by atoms with Gasteiger partial charge < -0.3 is 14.8 Å². The van der Waals surface area contributed by atoms with Crippen molar-refractivity contribution in [3.63, 3.8) is 0 Å². The van der Waals surface area contributed by atoms with Crippen LogP contribution in [-0.4, -0.2) is 52.7 Å². The number of hydrogen-bond donors (Lipinski definition) is 1. The summed E-state index contributed by atoms with van der Waals surface area (Å²) < 4.78 is 25.9. The molecule has 0 aromatic carbocycles. The van der Waals surface area contributed by atoms with Gasteiger partial charge in [-0.15, -0.1) is 0 Å². The lowest BCUT2D eigenvalue weighted by Crippen LogP contribution is -2.38. The summed E-state index contributed by atoms with van der Waals surface area (Å²) in [6, 6.07) is 5.72. The Labute approximate surface area is 180 Å². The first-order valence-electron chi connectivity index (χ1n) is 10.1. The minimum absolute atomic E-state index is 0.0832. The molecule has 8 nitrogen and oxygen atoms in total. The van der Waals surface area contributed by atoms with Gasteiger partial charge in [-0.3, -0.25) is 4.79 Å². The van der Waals surface area contributed by atoms with Crippen LogP contribution in [0.3, 0.4) is 0 Å². The van der Waals surface area contributed by atoms with Crippen LogP contribution in [0.15, 0.2) is 58.8 Å². The third-order valence-electron chi connectivity index (χ3n) is 5.92. The van der Waals surface area contributed by atoms with E-state index < -0.39 is 9.84 Å². The van der Waals surface area contributed by atoms with E-state index in [1.807, 2.05) is 24.3 Å². The maximum absolute atomic E-state index is 13.2. The summed E-state index contributed by atoms with van der Waals surface area (Å²) in [5.74, 6) is -0.125. The normalized spacial score (nSPS) is 19.8. The van der Waals surface area contributed by atoms with Gasteiger partial charge >= 0.3 is 0 Å². The van der Waals surface area contributed by atoms with Gasteiger partial charge in [-0.1, -0.05) is 0 Å². The summed E-state index contributed by atoms with van der Waals surface area (Å²) >= 11 is 0. The summed E-state index contributed by atoms with van der Waals surface area (Å²) in [5.41, 5.74) is 5.37. The van der Waals surface area contributed by atoms with Gasteiger partial charge in [0.05, 0.1) is 35.3 Å². The lowest BCUT2D eigenvalue weighted by molar-refractivity contribution is 0.296. The van der Waals surface area contributed by atoms with Crippen LogP contribution in [0.25, 0.3) is 11.3 Å². The van der Waals surface area contributed by atoms with Gasteiger partial charge in [-0.2, -0.15) is 10.2 Å². The summed E-state index contributed by atoms with van der Waals surface area (Å²) in [4.78, 5) is 15.4. The number of allylic oxidation sites excluding steroid dienone is 1. The van der Waals surface area contributed by atoms with Gasteiger partial charge in [0.2, 0.25) is 0 Å². The smallest absolute Gasteiger partial charge is 0.260 e. The average molecular weight is 438 g/mol. The first-order chi connectivity index (χ1) is 14.8. The molecule has 0 saturated carbocycles. The Balaban J connectivity index is 1.71. The molecule has 4 heterocycles. The molecule has 1 N–H and O–H groups in total. The molecule has 0 saturated heterocycles. The van der Waals surface area contributed by atoms with E-state index in [1.165, 1.54) is 10.8 Å². The highest BCUT2D eigenvalue weighted by molar-refractivity contribution is 7.91. The third-order valence-corrected chi connectivity index (χ3v) is 6.76. The minimum atomic E-state index is -3.29. The van der Waals surface area contributed by atoms with Gasteiger partial charge in [0.25, 0.3) is 5.56 Å². The number of pyridine rings is 1. The van der Waals surface area contributed by atoms with Gasteiger partial charge in [0.15, 0.2) is 9.84 Å². The fraction of sp³-hybridized carbons (Fsp3) is 0.318. The molecule has 9 heteroatoms. The Bertz CT molecular complexity index is 1320. The maximum atomic E-state index is 13.2. The molecule has 0 spiro atoms. The number of nitrogens with one attached hydrogen (secondary N) is 1. The average Bonchev–Trinajstić information content (AvgIpc) is 3.00. The Morgan fingerprint density at radius 3 is 2.87 bits per heavy atom. The van der Waals surface area contributed by atoms with Crippen LogP contribution in [-0.2, 0) is 23.4 Å². The molecule has 2 aliphatic heterocycles. The molecule has 5 rings (SSSR count). The van der Waals surface area contributed by atoms with Crippen molar-refractivity contribution in [3.8, 4) is 0 Å². The second-order valence-corrected chi connectivity index (χ2v) is 10.4. The minimum Gasteiger partial charge on any atom is -0.384 e. The zero-order valence-electron chi connectivity index (χ0n) is 17.4. The van der Waals surface area contributed by atoms with Crippen molar-refractivity contribution in [1.82, 2.24) is 25.0 Å². The largest absolute Gasteiger partial charge is 0.384 e. The van der Waals surface area contributed by atoms with Crippen molar-refractivity contribution in [2.24, 2.45) is 7.05 Å². The second kappa shape index (κ2) is 7.19. The Kier molecular flexibility index (Phi) is 4.58. The molecule has 2 aromatic heterocycles. The zero-order chi connectivity index (χ0) is 21.8. The number of rotatable bonds is 4. The molecule has 0 radical (unpaired) electrons. The van der Waals surface area contributed by atoms with Crippen LogP contribution in [0.5, 0.6) is 0 Å². The van der Waals surface area contributed by atoms with Gasteiger partial charge in [-0.05, 0) is 47.4 Å². The van der Waals surface area contributed by atoms with Crippen molar-refractivity contribution in [1.29, 1.82) is 0 Å². The van der Waals surface area contributed by atoms with Crippen molar-refractivity contribution in [3.05, 3.63) is 81.2 Å². The number of sulfone groups is 1. The standard InChI is InChI=1S/C22H23N5O3S/c1-26-9-6-17-15(13-31(2,29)30)10-14-11-27(12-16-4-3-7-24-25-16)18-5-8-23-21(19(14)18)20(17)22(26)28/h3-4,6-7,9-11,18,23H,5,8,12-13H2,1-2H3. The van der Waals surface area contributed by atoms with Crippen LogP contribution < -0.4 is 10.9 Å².